The highest BCUT2D eigenvalue weighted by molar-refractivity contribution is 8.00. The Labute approximate surface area is 176 Å². The number of thioether (sulfide) groups is 1. The van der Waals surface area contributed by atoms with Crippen LogP contribution in [0.25, 0.3) is 0 Å². The number of amides is 2. The smallest absolute Gasteiger partial charge is 0.258 e. The minimum atomic E-state index is -0.601. The Kier molecular flexibility index (Phi) is 5.55. The Bertz CT molecular complexity index is 1140. The maximum Gasteiger partial charge on any atom is 0.258 e. The summed E-state index contributed by atoms with van der Waals surface area (Å²) < 4.78 is 27.9. The lowest BCUT2D eigenvalue weighted by molar-refractivity contribution is -0.115. The normalized spacial score (nSPS) is 16.0. The molecule has 1 aliphatic rings. The van der Waals surface area contributed by atoms with Crippen molar-refractivity contribution in [3.05, 3.63) is 95.1 Å². The average molecular weight is 424 g/mol. The van der Waals surface area contributed by atoms with E-state index in [9.17, 15) is 18.4 Å². The zero-order valence-corrected chi connectivity index (χ0v) is 16.9. The molecule has 2 amide bonds. The van der Waals surface area contributed by atoms with Gasteiger partial charge in [-0.2, -0.15) is 0 Å². The lowest BCUT2D eigenvalue weighted by Crippen LogP contribution is -2.28. The molecular formula is C23H18F2N2O2S. The largest absolute Gasteiger partial charge is 0.322 e. The van der Waals surface area contributed by atoms with Crippen molar-refractivity contribution in [1.82, 2.24) is 0 Å². The molecule has 3 aromatic carbocycles. The summed E-state index contributed by atoms with van der Waals surface area (Å²) in [5, 5.41) is 2.34. The zero-order chi connectivity index (χ0) is 21.3. The fourth-order valence-corrected chi connectivity index (χ4v) is 4.46. The standard InChI is InChI=1S/C23H18F2N2O2S/c1-14-9-10-17(12-20(14)25)27-21(28)13-30-23(27)15-5-4-6-16(11-15)26-22(29)18-7-2-3-8-19(18)24/h2-12,23H,13H2,1H3,(H,26,29)/t23-/m1/s1. The molecule has 4 rings (SSSR count). The topological polar surface area (TPSA) is 49.4 Å². The molecule has 0 radical (unpaired) electrons. The maximum atomic E-state index is 14.1. The van der Waals surface area contributed by atoms with Gasteiger partial charge in [0.25, 0.3) is 5.91 Å². The van der Waals surface area contributed by atoms with Crippen molar-refractivity contribution in [2.75, 3.05) is 16.0 Å². The average Bonchev–Trinajstić information content (AvgIpc) is 3.12. The van der Waals surface area contributed by atoms with Crippen molar-refractivity contribution in [3.63, 3.8) is 0 Å². The molecule has 1 aliphatic heterocycles. The van der Waals surface area contributed by atoms with Crippen LogP contribution in [0.4, 0.5) is 20.2 Å². The molecule has 0 bridgehead atoms. The molecule has 0 unspecified atom stereocenters. The summed E-state index contributed by atoms with van der Waals surface area (Å²) in [5.74, 6) is -1.38. The number of benzene rings is 3. The molecule has 1 fully saturated rings. The summed E-state index contributed by atoms with van der Waals surface area (Å²) in [6, 6.07) is 17.5. The first-order valence-corrected chi connectivity index (χ1v) is 10.3. The van der Waals surface area contributed by atoms with E-state index in [1.807, 2.05) is 6.07 Å². The highest BCUT2D eigenvalue weighted by Crippen LogP contribution is 2.42. The van der Waals surface area contributed by atoms with Crippen molar-refractivity contribution < 1.29 is 18.4 Å². The molecule has 1 saturated heterocycles. The van der Waals surface area contributed by atoms with Crippen LogP contribution < -0.4 is 10.2 Å². The highest BCUT2D eigenvalue weighted by Gasteiger charge is 2.34. The van der Waals surface area contributed by atoms with E-state index >= 15 is 0 Å². The molecule has 152 valence electrons. The lowest BCUT2D eigenvalue weighted by atomic mass is 10.1. The second-order valence-electron chi connectivity index (χ2n) is 6.92. The number of hydrogen-bond acceptors (Lipinski definition) is 3. The number of rotatable bonds is 4. The summed E-state index contributed by atoms with van der Waals surface area (Å²) >= 11 is 1.42. The van der Waals surface area contributed by atoms with Crippen LogP contribution in [0.2, 0.25) is 0 Å². The van der Waals surface area contributed by atoms with E-state index in [0.29, 0.717) is 16.9 Å². The van der Waals surface area contributed by atoms with E-state index in [0.717, 1.165) is 5.56 Å². The molecule has 1 N–H and O–H groups in total. The van der Waals surface area contributed by atoms with Crippen LogP contribution in [0.15, 0.2) is 66.7 Å². The predicted molar refractivity (Wildman–Crippen MR) is 115 cm³/mol. The van der Waals surface area contributed by atoms with Gasteiger partial charge in [0.15, 0.2) is 0 Å². The van der Waals surface area contributed by atoms with Crippen LogP contribution in [-0.4, -0.2) is 17.6 Å². The van der Waals surface area contributed by atoms with Gasteiger partial charge in [0.05, 0.1) is 11.3 Å². The van der Waals surface area contributed by atoms with Crippen LogP contribution >= 0.6 is 11.8 Å². The number of anilines is 2. The van der Waals surface area contributed by atoms with Crippen molar-refractivity contribution in [1.29, 1.82) is 0 Å². The van der Waals surface area contributed by atoms with Gasteiger partial charge in [-0.15, -0.1) is 11.8 Å². The number of aryl methyl sites for hydroxylation is 1. The van der Waals surface area contributed by atoms with E-state index in [-0.39, 0.29) is 28.4 Å². The summed E-state index contributed by atoms with van der Waals surface area (Å²) in [5.41, 5.74) is 2.20. The van der Waals surface area contributed by atoms with Gasteiger partial charge in [-0.05, 0) is 54.4 Å². The van der Waals surface area contributed by atoms with Gasteiger partial charge in [-0.1, -0.05) is 30.3 Å². The predicted octanol–water partition coefficient (Wildman–Crippen LogP) is 5.30. The number of nitrogens with one attached hydrogen (secondary N) is 1. The SMILES string of the molecule is Cc1ccc(N2C(=O)CS[C@@H]2c2cccc(NC(=O)c3ccccc3F)c2)cc1F. The van der Waals surface area contributed by atoms with Gasteiger partial charge in [0.1, 0.15) is 17.0 Å². The van der Waals surface area contributed by atoms with Gasteiger partial charge in [-0.3, -0.25) is 14.5 Å². The van der Waals surface area contributed by atoms with Crippen molar-refractivity contribution in [3.8, 4) is 0 Å². The van der Waals surface area contributed by atoms with Crippen molar-refractivity contribution in [2.24, 2.45) is 0 Å². The van der Waals surface area contributed by atoms with Crippen molar-refractivity contribution in [2.45, 2.75) is 12.3 Å². The molecule has 30 heavy (non-hydrogen) atoms. The van der Waals surface area contributed by atoms with Crippen LogP contribution in [0.1, 0.15) is 26.9 Å². The molecule has 0 aliphatic carbocycles. The third kappa shape index (κ3) is 3.93. The number of nitrogens with zero attached hydrogens (tertiary/aromatic N) is 1. The third-order valence-corrected chi connectivity index (χ3v) is 6.06. The van der Waals surface area contributed by atoms with E-state index in [1.165, 1.54) is 36.0 Å². The Morgan fingerprint density at radius 2 is 1.83 bits per heavy atom. The van der Waals surface area contributed by atoms with Crippen LogP contribution in [-0.2, 0) is 4.79 Å². The van der Waals surface area contributed by atoms with Gasteiger partial charge < -0.3 is 5.32 Å². The third-order valence-electron chi connectivity index (χ3n) is 4.85. The number of hydrogen-bond donors (Lipinski definition) is 1. The quantitative estimate of drug-likeness (QED) is 0.618. The van der Waals surface area contributed by atoms with Gasteiger partial charge in [0, 0.05) is 11.4 Å². The fourth-order valence-electron chi connectivity index (χ4n) is 3.30. The molecule has 0 saturated carbocycles. The fraction of sp³-hybridized carbons (Fsp3) is 0.130. The van der Waals surface area contributed by atoms with Gasteiger partial charge in [-0.25, -0.2) is 8.78 Å². The Hall–Kier alpha value is -3.19. The first kappa shape index (κ1) is 20.1. The molecule has 1 heterocycles. The zero-order valence-electron chi connectivity index (χ0n) is 16.1. The molecule has 1 atom stereocenters. The molecule has 0 aromatic heterocycles. The Balaban J connectivity index is 1.61. The monoisotopic (exact) mass is 424 g/mol. The van der Waals surface area contributed by atoms with E-state index in [4.69, 9.17) is 0 Å². The summed E-state index contributed by atoms with van der Waals surface area (Å²) in [7, 11) is 0. The lowest BCUT2D eigenvalue weighted by Gasteiger charge is -2.25. The van der Waals surface area contributed by atoms with E-state index in [1.54, 1.807) is 48.2 Å². The van der Waals surface area contributed by atoms with Gasteiger partial charge in [0.2, 0.25) is 5.91 Å². The molecule has 7 heteroatoms. The van der Waals surface area contributed by atoms with Crippen LogP contribution in [0.3, 0.4) is 0 Å². The van der Waals surface area contributed by atoms with Crippen LogP contribution in [0, 0.1) is 18.6 Å². The highest BCUT2D eigenvalue weighted by atomic mass is 32.2. The first-order valence-electron chi connectivity index (χ1n) is 9.29. The number of halogens is 2. The second kappa shape index (κ2) is 8.28. The summed E-state index contributed by atoms with van der Waals surface area (Å²) in [6.45, 7) is 1.67. The van der Waals surface area contributed by atoms with Crippen LogP contribution in [0.5, 0.6) is 0 Å². The number of carbonyl (C=O) groups excluding carboxylic acids is 2. The molecule has 0 spiro atoms. The van der Waals surface area contributed by atoms with Gasteiger partial charge >= 0.3 is 0 Å². The Morgan fingerprint density at radius 1 is 1.03 bits per heavy atom. The summed E-state index contributed by atoms with van der Waals surface area (Å²) in [4.78, 5) is 26.5. The van der Waals surface area contributed by atoms with E-state index < -0.39 is 11.7 Å². The van der Waals surface area contributed by atoms with Crippen molar-refractivity contribution >= 4 is 35.0 Å². The number of carbonyl (C=O) groups is 2. The Morgan fingerprint density at radius 3 is 2.60 bits per heavy atom. The minimum Gasteiger partial charge on any atom is -0.322 e. The summed E-state index contributed by atoms with van der Waals surface area (Å²) in [6.07, 6.45) is 0. The molecule has 4 nitrogen and oxygen atoms in total. The minimum absolute atomic E-state index is 0.0509. The maximum absolute atomic E-state index is 14.1. The molecular weight excluding hydrogens is 406 g/mol. The molecule has 3 aromatic rings. The second-order valence-corrected chi connectivity index (χ2v) is 7.99. The first-order chi connectivity index (χ1) is 14.4. The van der Waals surface area contributed by atoms with E-state index in [2.05, 4.69) is 5.32 Å².